The van der Waals surface area contributed by atoms with Crippen molar-refractivity contribution in [1.82, 2.24) is 10.0 Å². The molecule has 0 heterocycles. The lowest BCUT2D eigenvalue weighted by atomic mass is 9.92. The van der Waals surface area contributed by atoms with Crippen LogP contribution in [0.25, 0.3) is 0 Å². The number of amides is 1. The van der Waals surface area contributed by atoms with Gasteiger partial charge in [-0.05, 0) is 32.3 Å². The van der Waals surface area contributed by atoms with Gasteiger partial charge in [-0.25, -0.2) is 13.1 Å². The van der Waals surface area contributed by atoms with E-state index in [0.29, 0.717) is 6.54 Å². The molecule has 1 aliphatic carbocycles. The quantitative estimate of drug-likeness (QED) is 0.770. The highest BCUT2D eigenvalue weighted by Crippen LogP contribution is 2.48. The van der Waals surface area contributed by atoms with Crippen molar-refractivity contribution in [1.29, 1.82) is 0 Å². The number of hydrogen-bond donors (Lipinski definition) is 2. The molecule has 0 spiro atoms. The van der Waals surface area contributed by atoms with Crippen molar-refractivity contribution in [3.63, 3.8) is 0 Å². The lowest BCUT2D eigenvalue weighted by molar-refractivity contribution is -0.123. The predicted molar refractivity (Wildman–Crippen MR) is 82.7 cm³/mol. The molecule has 6 heteroatoms. The van der Waals surface area contributed by atoms with Crippen molar-refractivity contribution < 1.29 is 13.2 Å². The predicted octanol–water partition coefficient (Wildman–Crippen LogP) is 1.00. The molecule has 116 valence electrons. The second kappa shape index (κ2) is 5.77. The Labute approximate surface area is 126 Å². The zero-order valence-electron chi connectivity index (χ0n) is 12.7. The Hall–Kier alpha value is -1.40. The van der Waals surface area contributed by atoms with Gasteiger partial charge >= 0.3 is 0 Å². The molecule has 1 aliphatic rings. The van der Waals surface area contributed by atoms with E-state index in [2.05, 4.69) is 28.2 Å². The van der Waals surface area contributed by atoms with E-state index in [1.165, 1.54) is 0 Å². The van der Waals surface area contributed by atoms with Gasteiger partial charge in [0.05, 0.1) is 11.7 Å². The van der Waals surface area contributed by atoms with Crippen LogP contribution in [0.3, 0.4) is 0 Å². The molecule has 2 rings (SSSR count). The van der Waals surface area contributed by atoms with Crippen LogP contribution in [-0.2, 0) is 20.2 Å². The molecule has 1 aromatic carbocycles. The van der Waals surface area contributed by atoms with Crippen LogP contribution < -0.4 is 10.0 Å². The minimum absolute atomic E-state index is 0.0113. The number of sulfonamides is 1. The van der Waals surface area contributed by atoms with Crippen molar-refractivity contribution in [3.05, 3.63) is 34.9 Å². The lowest BCUT2D eigenvalue weighted by Crippen LogP contribution is -2.39. The molecule has 0 bridgehead atoms. The van der Waals surface area contributed by atoms with Gasteiger partial charge in [-0.3, -0.25) is 4.79 Å². The maximum Gasteiger partial charge on any atom is 0.230 e. The number of carbonyl (C=O) groups is 1. The number of carbonyl (C=O) groups excluding carboxylic acids is 1. The van der Waals surface area contributed by atoms with Crippen molar-refractivity contribution in [2.45, 2.75) is 32.1 Å². The molecule has 1 aromatic rings. The Morgan fingerprint density at radius 1 is 1.14 bits per heavy atom. The molecule has 2 N–H and O–H groups in total. The lowest BCUT2D eigenvalue weighted by Gasteiger charge is -2.17. The fourth-order valence-corrected chi connectivity index (χ4v) is 3.08. The molecular formula is C15H22N2O3S. The average Bonchev–Trinajstić information content (AvgIpc) is 3.13. The Bertz CT molecular complexity index is 629. The summed E-state index contributed by atoms with van der Waals surface area (Å²) in [6, 6.07) is 6.22. The van der Waals surface area contributed by atoms with Crippen LogP contribution in [0.5, 0.6) is 0 Å². The topological polar surface area (TPSA) is 75.3 Å². The van der Waals surface area contributed by atoms with Gasteiger partial charge in [0.25, 0.3) is 0 Å². The minimum Gasteiger partial charge on any atom is -0.354 e. The van der Waals surface area contributed by atoms with Crippen LogP contribution in [-0.4, -0.2) is 33.7 Å². The standard InChI is InChI=1S/C15H22N2O3S/c1-11-8-12(2)10-13(9-11)15(4-5-15)14(18)16-6-7-17-21(3,19)20/h8-10,17H,4-7H2,1-3H3,(H,16,18). The normalized spacial score (nSPS) is 16.5. The maximum absolute atomic E-state index is 12.4. The van der Waals surface area contributed by atoms with Crippen LogP contribution in [0.15, 0.2) is 18.2 Å². The second-order valence-corrected chi connectivity index (χ2v) is 7.71. The number of nitrogens with one attached hydrogen (secondary N) is 2. The summed E-state index contributed by atoms with van der Waals surface area (Å²) in [7, 11) is -3.21. The van der Waals surface area contributed by atoms with Gasteiger partial charge in [0.2, 0.25) is 15.9 Å². The molecule has 0 aromatic heterocycles. The Balaban J connectivity index is 1.98. The van der Waals surface area contributed by atoms with Crippen molar-refractivity contribution in [2.75, 3.05) is 19.3 Å². The zero-order chi connectivity index (χ0) is 15.7. The number of benzene rings is 1. The summed E-state index contributed by atoms with van der Waals surface area (Å²) in [5.41, 5.74) is 2.96. The zero-order valence-corrected chi connectivity index (χ0v) is 13.5. The molecule has 5 nitrogen and oxygen atoms in total. The van der Waals surface area contributed by atoms with Crippen molar-refractivity contribution in [3.8, 4) is 0 Å². The van der Waals surface area contributed by atoms with E-state index in [4.69, 9.17) is 0 Å². The van der Waals surface area contributed by atoms with Crippen molar-refractivity contribution in [2.24, 2.45) is 0 Å². The fourth-order valence-electron chi connectivity index (χ4n) is 2.60. The highest BCUT2D eigenvalue weighted by molar-refractivity contribution is 7.88. The first-order valence-electron chi connectivity index (χ1n) is 7.05. The molecule has 0 radical (unpaired) electrons. The Morgan fingerprint density at radius 3 is 2.19 bits per heavy atom. The molecule has 1 fully saturated rings. The summed E-state index contributed by atoms with van der Waals surface area (Å²) in [6.45, 7) is 4.58. The van der Waals surface area contributed by atoms with E-state index in [-0.39, 0.29) is 12.5 Å². The monoisotopic (exact) mass is 310 g/mol. The Morgan fingerprint density at radius 2 is 1.71 bits per heavy atom. The minimum atomic E-state index is -3.21. The van der Waals surface area contributed by atoms with Gasteiger partial charge in [0.1, 0.15) is 0 Å². The fraction of sp³-hybridized carbons (Fsp3) is 0.533. The summed E-state index contributed by atoms with van der Waals surface area (Å²) < 4.78 is 24.3. The number of aryl methyl sites for hydroxylation is 2. The maximum atomic E-state index is 12.4. The van der Waals surface area contributed by atoms with Gasteiger partial charge in [-0.2, -0.15) is 0 Å². The van der Waals surface area contributed by atoms with E-state index < -0.39 is 15.4 Å². The van der Waals surface area contributed by atoms with Crippen molar-refractivity contribution >= 4 is 15.9 Å². The molecule has 0 saturated heterocycles. The number of rotatable bonds is 6. The van der Waals surface area contributed by atoms with Crippen LogP contribution in [0.2, 0.25) is 0 Å². The first-order chi connectivity index (χ1) is 9.73. The van der Waals surface area contributed by atoms with Gasteiger partial charge in [-0.15, -0.1) is 0 Å². The molecular weight excluding hydrogens is 288 g/mol. The first-order valence-corrected chi connectivity index (χ1v) is 8.94. The third-order valence-electron chi connectivity index (χ3n) is 3.73. The SMILES string of the molecule is Cc1cc(C)cc(C2(C(=O)NCCNS(C)(=O)=O)CC2)c1. The molecule has 1 amide bonds. The van der Waals surface area contributed by atoms with Crippen LogP contribution in [0.1, 0.15) is 29.5 Å². The van der Waals surface area contributed by atoms with Gasteiger partial charge in [0, 0.05) is 13.1 Å². The van der Waals surface area contributed by atoms with Crippen LogP contribution in [0.4, 0.5) is 0 Å². The largest absolute Gasteiger partial charge is 0.354 e. The first kappa shape index (κ1) is 16.0. The smallest absolute Gasteiger partial charge is 0.230 e. The third-order valence-corrected chi connectivity index (χ3v) is 4.46. The van der Waals surface area contributed by atoms with Gasteiger partial charge in [-0.1, -0.05) is 29.3 Å². The van der Waals surface area contributed by atoms with Gasteiger partial charge in [0.15, 0.2) is 0 Å². The summed E-state index contributed by atoms with van der Waals surface area (Å²) in [5.74, 6) is -0.0113. The average molecular weight is 310 g/mol. The highest BCUT2D eigenvalue weighted by atomic mass is 32.2. The summed E-state index contributed by atoms with van der Waals surface area (Å²) in [5, 5.41) is 2.83. The van der Waals surface area contributed by atoms with E-state index in [9.17, 15) is 13.2 Å². The summed E-state index contributed by atoms with van der Waals surface area (Å²) in [6.07, 6.45) is 2.80. The highest BCUT2D eigenvalue weighted by Gasteiger charge is 2.51. The number of hydrogen-bond acceptors (Lipinski definition) is 3. The van der Waals surface area contributed by atoms with E-state index in [1.54, 1.807) is 0 Å². The van der Waals surface area contributed by atoms with Gasteiger partial charge < -0.3 is 5.32 Å². The molecule has 0 atom stereocenters. The third kappa shape index (κ3) is 4.04. The second-order valence-electron chi connectivity index (χ2n) is 5.88. The van der Waals surface area contributed by atoms with Crippen LogP contribution in [0, 0.1) is 13.8 Å². The Kier molecular flexibility index (Phi) is 4.39. The summed E-state index contributed by atoms with van der Waals surface area (Å²) >= 11 is 0. The molecule has 0 aliphatic heterocycles. The summed E-state index contributed by atoms with van der Waals surface area (Å²) in [4.78, 5) is 12.4. The van der Waals surface area contributed by atoms with Crippen LogP contribution >= 0.6 is 0 Å². The molecule has 1 saturated carbocycles. The molecule has 21 heavy (non-hydrogen) atoms. The molecule has 0 unspecified atom stereocenters. The van der Waals surface area contributed by atoms with E-state index in [0.717, 1.165) is 35.8 Å². The van der Waals surface area contributed by atoms with E-state index >= 15 is 0 Å². The van der Waals surface area contributed by atoms with E-state index in [1.807, 2.05) is 13.8 Å².